The van der Waals surface area contributed by atoms with Gasteiger partial charge in [0, 0.05) is 23.9 Å². The van der Waals surface area contributed by atoms with Crippen molar-refractivity contribution in [3.8, 4) is 22.7 Å². The summed E-state index contributed by atoms with van der Waals surface area (Å²) in [6, 6.07) is 27.9. The van der Waals surface area contributed by atoms with Crippen molar-refractivity contribution < 1.29 is 9.53 Å². The van der Waals surface area contributed by atoms with Crippen LogP contribution >= 0.6 is 24.0 Å². The van der Waals surface area contributed by atoms with E-state index in [4.69, 9.17) is 22.1 Å². The van der Waals surface area contributed by atoms with Crippen molar-refractivity contribution in [3.05, 3.63) is 107 Å². The molecule has 36 heavy (non-hydrogen) atoms. The molecule has 3 aromatic carbocycles. The van der Waals surface area contributed by atoms with Crippen LogP contribution in [0.1, 0.15) is 24.5 Å². The van der Waals surface area contributed by atoms with E-state index in [1.165, 1.54) is 11.8 Å². The highest BCUT2D eigenvalue weighted by Crippen LogP contribution is 2.35. The Morgan fingerprint density at radius 3 is 2.36 bits per heavy atom. The van der Waals surface area contributed by atoms with Gasteiger partial charge in [-0.3, -0.25) is 9.69 Å². The first-order valence-corrected chi connectivity index (χ1v) is 13.0. The summed E-state index contributed by atoms with van der Waals surface area (Å²) in [7, 11) is 0. The third-order valence-corrected chi connectivity index (χ3v) is 7.12. The molecule has 1 saturated heterocycles. The summed E-state index contributed by atoms with van der Waals surface area (Å²) in [6.07, 6.45) is 4.71. The third kappa shape index (κ3) is 5.27. The second-order valence-corrected chi connectivity index (χ2v) is 10.0. The average Bonchev–Trinajstić information content (AvgIpc) is 3.45. The molecule has 0 spiro atoms. The van der Waals surface area contributed by atoms with Crippen LogP contribution in [-0.2, 0) is 11.4 Å². The van der Waals surface area contributed by atoms with Crippen LogP contribution in [0.3, 0.4) is 0 Å². The number of hydrogen-bond acceptors (Lipinski definition) is 5. The van der Waals surface area contributed by atoms with Crippen molar-refractivity contribution in [3.63, 3.8) is 0 Å². The van der Waals surface area contributed by atoms with Gasteiger partial charge >= 0.3 is 0 Å². The van der Waals surface area contributed by atoms with Crippen molar-refractivity contribution >= 4 is 40.3 Å². The standard InChI is InChI=1S/C29H25N3O2S2/c1-2-17-31-28(33)26(36-29(31)35)18-23-19-32(24-11-7-4-8-12-24)30-27(23)22-13-15-25(16-14-22)34-20-21-9-5-3-6-10-21/h3-16,18-19H,2,17,20H2,1H3. The monoisotopic (exact) mass is 511 g/mol. The number of thioether (sulfide) groups is 1. The van der Waals surface area contributed by atoms with Gasteiger partial charge in [0.1, 0.15) is 16.7 Å². The molecular weight excluding hydrogens is 486 g/mol. The molecule has 5 nitrogen and oxygen atoms in total. The predicted octanol–water partition coefficient (Wildman–Crippen LogP) is 6.73. The van der Waals surface area contributed by atoms with E-state index in [2.05, 4.69) is 0 Å². The Morgan fingerprint density at radius 1 is 0.972 bits per heavy atom. The zero-order valence-corrected chi connectivity index (χ0v) is 21.5. The summed E-state index contributed by atoms with van der Waals surface area (Å²) in [5.74, 6) is 0.738. The highest BCUT2D eigenvalue weighted by atomic mass is 32.2. The third-order valence-electron chi connectivity index (χ3n) is 5.75. The van der Waals surface area contributed by atoms with E-state index in [-0.39, 0.29) is 5.91 Å². The van der Waals surface area contributed by atoms with Crippen LogP contribution in [0.4, 0.5) is 0 Å². The molecule has 4 aromatic rings. The smallest absolute Gasteiger partial charge is 0.266 e. The quantitative estimate of drug-likeness (QED) is 0.194. The normalized spacial score (nSPS) is 14.6. The summed E-state index contributed by atoms with van der Waals surface area (Å²) in [5, 5.41) is 4.88. The van der Waals surface area contributed by atoms with E-state index in [1.807, 2.05) is 109 Å². The number of para-hydroxylation sites is 1. The van der Waals surface area contributed by atoms with Gasteiger partial charge in [0.15, 0.2) is 0 Å². The van der Waals surface area contributed by atoms with Crippen molar-refractivity contribution in [2.45, 2.75) is 20.0 Å². The minimum absolute atomic E-state index is 0.0464. The lowest BCUT2D eigenvalue weighted by molar-refractivity contribution is -0.122. The summed E-state index contributed by atoms with van der Waals surface area (Å²) in [5.41, 5.74) is 4.64. The van der Waals surface area contributed by atoms with Crippen LogP contribution in [0.5, 0.6) is 5.75 Å². The number of ether oxygens (including phenoxy) is 1. The van der Waals surface area contributed by atoms with Crippen LogP contribution in [-0.4, -0.2) is 31.5 Å². The maximum Gasteiger partial charge on any atom is 0.266 e. The summed E-state index contributed by atoms with van der Waals surface area (Å²) in [6.45, 7) is 3.17. The lowest BCUT2D eigenvalue weighted by Crippen LogP contribution is -2.28. The van der Waals surface area contributed by atoms with Crippen LogP contribution in [0.25, 0.3) is 23.0 Å². The van der Waals surface area contributed by atoms with E-state index in [0.29, 0.717) is 22.4 Å². The number of carbonyl (C=O) groups is 1. The summed E-state index contributed by atoms with van der Waals surface area (Å²) in [4.78, 5) is 15.3. The maximum atomic E-state index is 13.0. The molecule has 0 unspecified atom stereocenters. The molecule has 180 valence electrons. The summed E-state index contributed by atoms with van der Waals surface area (Å²) < 4.78 is 8.39. The molecule has 7 heteroatoms. The topological polar surface area (TPSA) is 47.4 Å². The number of amides is 1. The van der Waals surface area contributed by atoms with Gasteiger partial charge in [-0.05, 0) is 54.5 Å². The lowest BCUT2D eigenvalue weighted by Gasteiger charge is -2.11. The average molecular weight is 512 g/mol. The summed E-state index contributed by atoms with van der Waals surface area (Å²) >= 11 is 6.80. The van der Waals surface area contributed by atoms with Gasteiger partial charge in [0.2, 0.25) is 0 Å². The number of thiocarbonyl (C=S) groups is 1. The molecule has 1 aliphatic heterocycles. The molecule has 0 saturated carbocycles. The van der Waals surface area contributed by atoms with Gasteiger partial charge in [-0.1, -0.05) is 79.4 Å². The number of aromatic nitrogens is 2. The Morgan fingerprint density at radius 2 is 1.67 bits per heavy atom. The molecule has 1 aromatic heterocycles. The Hall–Kier alpha value is -3.68. The Bertz CT molecular complexity index is 1400. The molecule has 1 fully saturated rings. The minimum atomic E-state index is -0.0464. The first kappa shape index (κ1) is 24.0. The van der Waals surface area contributed by atoms with Crippen molar-refractivity contribution in [2.24, 2.45) is 0 Å². The van der Waals surface area contributed by atoms with Gasteiger partial charge in [-0.15, -0.1) is 0 Å². The van der Waals surface area contributed by atoms with Crippen LogP contribution in [0.2, 0.25) is 0 Å². The first-order valence-electron chi connectivity index (χ1n) is 11.8. The number of nitrogens with zero attached hydrogens (tertiary/aromatic N) is 3. The highest BCUT2D eigenvalue weighted by Gasteiger charge is 2.31. The zero-order chi connectivity index (χ0) is 24.9. The molecule has 1 amide bonds. The van der Waals surface area contributed by atoms with E-state index in [9.17, 15) is 4.79 Å². The number of benzene rings is 3. The van der Waals surface area contributed by atoms with Gasteiger partial charge < -0.3 is 4.74 Å². The predicted molar refractivity (Wildman–Crippen MR) is 150 cm³/mol. The Kier molecular flexibility index (Phi) is 7.30. The number of carbonyl (C=O) groups excluding carboxylic acids is 1. The zero-order valence-electron chi connectivity index (χ0n) is 19.8. The second kappa shape index (κ2) is 10.9. The maximum absolute atomic E-state index is 13.0. The van der Waals surface area contributed by atoms with Crippen molar-refractivity contribution in [1.82, 2.24) is 14.7 Å². The second-order valence-electron chi connectivity index (χ2n) is 8.35. The SMILES string of the molecule is CCCN1C(=O)C(=Cc2cn(-c3ccccc3)nc2-c2ccc(OCc3ccccc3)cc2)SC1=S. The molecule has 0 aliphatic carbocycles. The van der Waals surface area contributed by atoms with E-state index in [1.54, 1.807) is 4.90 Å². The molecule has 0 radical (unpaired) electrons. The van der Waals surface area contributed by atoms with Crippen LogP contribution in [0.15, 0.2) is 96.0 Å². The highest BCUT2D eigenvalue weighted by molar-refractivity contribution is 8.26. The van der Waals surface area contributed by atoms with E-state index >= 15 is 0 Å². The van der Waals surface area contributed by atoms with Gasteiger partial charge in [0.05, 0.1) is 16.3 Å². The fourth-order valence-corrected chi connectivity index (χ4v) is 5.24. The van der Waals surface area contributed by atoms with Crippen LogP contribution in [0, 0.1) is 0 Å². The van der Waals surface area contributed by atoms with Crippen molar-refractivity contribution in [2.75, 3.05) is 6.54 Å². The van der Waals surface area contributed by atoms with E-state index in [0.717, 1.165) is 40.2 Å². The lowest BCUT2D eigenvalue weighted by atomic mass is 10.1. The largest absolute Gasteiger partial charge is 0.489 e. The molecule has 0 bridgehead atoms. The Labute approximate surface area is 220 Å². The molecule has 5 rings (SSSR count). The Balaban J connectivity index is 1.46. The number of hydrogen-bond donors (Lipinski definition) is 0. The fourth-order valence-electron chi connectivity index (χ4n) is 3.94. The van der Waals surface area contributed by atoms with Crippen LogP contribution < -0.4 is 4.74 Å². The van der Waals surface area contributed by atoms with Crippen molar-refractivity contribution in [1.29, 1.82) is 0 Å². The molecular formula is C29H25N3O2S2. The minimum Gasteiger partial charge on any atom is -0.489 e. The van der Waals surface area contributed by atoms with Gasteiger partial charge in [-0.25, -0.2) is 4.68 Å². The molecule has 0 N–H and O–H groups in total. The molecule has 2 heterocycles. The first-order chi connectivity index (χ1) is 17.6. The number of rotatable bonds is 8. The van der Waals surface area contributed by atoms with E-state index < -0.39 is 0 Å². The molecule has 0 atom stereocenters. The van der Waals surface area contributed by atoms with Gasteiger partial charge in [0.25, 0.3) is 5.91 Å². The fraction of sp³-hybridized carbons (Fsp3) is 0.138. The molecule has 1 aliphatic rings. The van der Waals surface area contributed by atoms with Gasteiger partial charge in [-0.2, -0.15) is 5.10 Å².